The van der Waals surface area contributed by atoms with Gasteiger partial charge < -0.3 is 4.42 Å². The number of rotatable bonds is 3. The Hall–Kier alpha value is -2.68. The number of nitrogens with zero attached hydrogens (tertiary/aromatic N) is 1. The summed E-state index contributed by atoms with van der Waals surface area (Å²) in [5, 5.41) is 10.8. The van der Waals surface area contributed by atoms with Crippen molar-refractivity contribution in [2.24, 2.45) is 0 Å². The van der Waals surface area contributed by atoms with Crippen molar-refractivity contribution < 1.29 is 18.9 Å². The SMILES string of the molecule is O=C(NNC(=O)c1ccccc1[N+](=O)[O-])c1ccc(Br)o1. The van der Waals surface area contributed by atoms with E-state index in [9.17, 15) is 19.7 Å². The van der Waals surface area contributed by atoms with Crippen LogP contribution in [0.25, 0.3) is 0 Å². The van der Waals surface area contributed by atoms with Crippen molar-refractivity contribution in [2.45, 2.75) is 0 Å². The largest absolute Gasteiger partial charge is 0.444 e. The standard InChI is InChI=1S/C12H8BrN3O5/c13-10-6-5-9(21-10)12(18)15-14-11(17)7-3-1-2-4-8(7)16(19)20/h1-6H,(H,14,17)(H,15,18). The molecule has 8 nitrogen and oxygen atoms in total. The minimum atomic E-state index is -0.804. The van der Waals surface area contributed by atoms with Crippen LogP contribution in [0.2, 0.25) is 0 Å². The van der Waals surface area contributed by atoms with E-state index in [-0.39, 0.29) is 17.0 Å². The molecule has 0 bridgehead atoms. The fourth-order valence-electron chi connectivity index (χ4n) is 1.50. The minimum Gasteiger partial charge on any atom is -0.444 e. The van der Waals surface area contributed by atoms with Gasteiger partial charge in [-0.25, -0.2) is 0 Å². The van der Waals surface area contributed by atoms with Crippen molar-refractivity contribution in [3.05, 3.63) is 62.5 Å². The molecule has 0 atom stereocenters. The zero-order valence-corrected chi connectivity index (χ0v) is 11.9. The lowest BCUT2D eigenvalue weighted by atomic mass is 10.2. The topological polar surface area (TPSA) is 114 Å². The molecular weight excluding hydrogens is 346 g/mol. The van der Waals surface area contributed by atoms with E-state index in [0.717, 1.165) is 0 Å². The van der Waals surface area contributed by atoms with Crippen LogP contribution in [-0.4, -0.2) is 16.7 Å². The van der Waals surface area contributed by atoms with Crippen LogP contribution in [0.1, 0.15) is 20.9 Å². The summed E-state index contributed by atoms with van der Waals surface area (Å²) >= 11 is 3.03. The van der Waals surface area contributed by atoms with E-state index in [1.54, 1.807) is 0 Å². The van der Waals surface area contributed by atoms with Crippen molar-refractivity contribution in [3.8, 4) is 0 Å². The van der Waals surface area contributed by atoms with E-state index >= 15 is 0 Å². The molecule has 2 rings (SSSR count). The lowest BCUT2D eigenvalue weighted by Gasteiger charge is -2.06. The van der Waals surface area contributed by atoms with Crippen LogP contribution in [0.4, 0.5) is 5.69 Å². The Balaban J connectivity index is 2.06. The van der Waals surface area contributed by atoms with Gasteiger partial charge in [-0.1, -0.05) is 12.1 Å². The van der Waals surface area contributed by atoms with Gasteiger partial charge in [-0.3, -0.25) is 30.6 Å². The van der Waals surface area contributed by atoms with E-state index in [2.05, 4.69) is 26.8 Å². The van der Waals surface area contributed by atoms with E-state index in [0.29, 0.717) is 4.67 Å². The third-order valence-corrected chi connectivity index (χ3v) is 2.86. The maximum absolute atomic E-state index is 11.8. The number of furan rings is 1. The maximum Gasteiger partial charge on any atom is 0.305 e. The van der Waals surface area contributed by atoms with E-state index < -0.39 is 16.7 Å². The number of hydrogen-bond donors (Lipinski definition) is 2. The van der Waals surface area contributed by atoms with Gasteiger partial charge in [0.15, 0.2) is 10.4 Å². The fourth-order valence-corrected chi connectivity index (χ4v) is 1.81. The van der Waals surface area contributed by atoms with Gasteiger partial charge in [-0.05, 0) is 34.1 Å². The fraction of sp³-hybridized carbons (Fsp3) is 0. The number of hydrazine groups is 1. The van der Waals surface area contributed by atoms with Crippen molar-refractivity contribution in [2.75, 3.05) is 0 Å². The molecule has 1 heterocycles. The second-order valence-corrected chi connectivity index (χ2v) is 4.57. The average Bonchev–Trinajstić information content (AvgIpc) is 2.91. The molecule has 0 aliphatic carbocycles. The zero-order valence-electron chi connectivity index (χ0n) is 10.3. The minimum absolute atomic E-state index is 0.0234. The molecule has 0 radical (unpaired) electrons. The predicted octanol–water partition coefficient (Wildman–Crippen LogP) is 2.03. The van der Waals surface area contributed by atoms with E-state index in [1.165, 1.54) is 36.4 Å². The number of hydrogen-bond acceptors (Lipinski definition) is 5. The Bertz CT molecular complexity index is 712. The molecule has 0 aliphatic rings. The van der Waals surface area contributed by atoms with Crippen LogP contribution >= 0.6 is 15.9 Å². The first-order valence-electron chi connectivity index (χ1n) is 5.58. The molecule has 2 N–H and O–H groups in total. The highest BCUT2D eigenvalue weighted by Crippen LogP contribution is 2.17. The molecule has 2 amide bonds. The highest BCUT2D eigenvalue weighted by molar-refractivity contribution is 9.10. The Morgan fingerprint density at radius 2 is 1.76 bits per heavy atom. The molecule has 21 heavy (non-hydrogen) atoms. The number of nitrogens with one attached hydrogen (secondary N) is 2. The van der Waals surface area contributed by atoms with Crippen LogP contribution in [0.15, 0.2) is 45.5 Å². The molecule has 1 aromatic carbocycles. The summed E-state index contributed by atoms with van der Waals surface area (Å²) in [7, 11) is 0. The number of nitro groups is 1. The summed E-state index contributed by atoms with van der Waals surface area (Å²) in [5.41, 5.74) is 3.66. The second-order valence-electron chi connectivity index (χ2n) is 3.79. The monoisotopic (exact) mass is 353 g/mol. The van der Waals surface area contributed by atoms with Crippen molar-refractivity contribution in [1.29, 1.82) is 0 Å². The number of para-hydroxylation sites is 1. The first-order valence-corrected chi connectivity index (χ1v) is 6.38. The molecule has 1 aromatic heterocycles. The first-order chi connectivity index (χ1) is 9.99. The van der Waals surface area contributed by atoms with Crippen LogP contribution in [-0.2, 0) is 0 Å². The first kappa shape index (κ1) is 14.7. The molecule has 0 spiro atoms. The van der Waals surface area contributed by atoms with Crippen LogP contribution in [0.3, 0.4) is 0 Å². The Morgan fingerprint density at radius 1 is 1.10 bits per heavy atom. The van der Waals surface area contributed by atoms with Gasteiger partial charge in [-0.2, -0.15) is 0 Å². The number of nitro benzene ring substituents is 1. The lowest BCUT2D eigenvalue weighted by Crippen LogP contribution is -2.41. The van der Waals surface area contributed by atoms with Gasteiger partial charge in [0.25, 0.3) is 11.6 Å². The van der Waals surface area contributed by atoms with Gasteiger partial charge in [0.05, 0.1) is 4.92 Å². The number of carbonyl (C=O) groups excluding carboxylic acids is 2. The van der Waals surface area contributed by atoms with Crippen LogP contribution in [0, 0.1) is 10.1 Å². The van der Waals surface area contributed by atoms with Gasteiger partial charge in [0.2, 0.25) is 0 Å². The molecule has 0 fully saturated rings. The van der Waals surface area contributed by atoms with Crippen molar-refractivity contribution >= 4 is 33.4 Å². The third kappa shape index (κ3) is 3.45. The number of halogens is 1. The molecular formula is C12H8BrN3O5. The number of benzene rings is 1. The van der Waals surface area contributed by atoms with Gasteiger partial charge in [0, 0.05) is 6.07 Å². The third-order valence-electron chi connectivity index (χ3n) is 2.43. The molecule has 0 unspecified atom stereocenters. The number of carbonyl (C=O) groups is 2. The van der Waals surface area contributed by atoms with E-state index in [4.69, 9.17) is 4.42 Å². The predicted molar refractivity (Wildman–Crippen MR) is 74.4 cm³/mol. The molecule has 0 aliphatic heterocycles. The summed E-state index contributed by atoms with van der Waals surface area (Å²) in [4.78, 5) is 33.6. The lowest BCUT2D eigenvalue weighted by molar-refractivity contribution is -0.385. The van der Waals surface area contributed by atoms with Crippen molar-refractivity contribution in [3.63, 3.8) is 0 Å². The van der Waals surface area contributed by atoms with Gasteiger partial charge in [-0.15, -0.1) is 0 Å². The summed E-state index contributed by atoms with van der Waals surface area (Å²) in [6, 6.07) is 8.31. The summed E-state index contributed by atoms with van der Waals surface area (Å²) in [5.74, 6) is -1.52. The summed E-state index contributed by atoms with van der Waals surface area (Å²) in [6.45, 7) is 0. The molecule has 9 heteroatoms. The molecule has 0 saturated heterocycles. The van der Waals surface area contributed by atoms with Crippen LogP contribution < -0.4 is 10.9 Å². The van der Waals surface area contributed by atoms with Crippen molar-refractivity contribution in [1.82, 2.24) is 10.9 Å². The highest BCUT2D eigenvalue weighted by atomic mass is 79.9. The Kier molecular flexibility index (Phi) is 4.33. The highest BCUT2D eigenvalue weighted by Gasteiger charge is 2.20. The van der Waals surface area contributed by atoms with E-state index in [1.807, 2.05) is 0 Å². The second kappa shape index (κ2) is 6.18. The molecule has 2 aromatic rings. The summed E-state index contributed by atoms with van der Waals surface area (Å²) < 4.78 is 5.35. The average molecular weight is 354 g/mol. The smallest absolute Gasteiger partial charge is 0.305 e. The van der Waals surface area contributed by atoms with Gasteiger partial charge in [0.1, 0.15) is 5.56 Å². The Labute approximate surface area is 126 Å². The molecule has 108 valence electrons. The summed E-state index contributed by atoms with van der Waals surface area (Å²) in [6.07, 6.45) is 0. The number of amides is 2. The molecule has 0 saturated carbocycles. The van der Waals surface area contributed by atoms with Gasteiger partial charge >= 0.3 is 5.91 Å². The zero-order chi connectivity index (χ0) is 15.4. The maximum atomic E-state index is 11.8. The Morgan fingerprint density at radius 3 is 2.38 bits per heavy atom. The quantitative estimate of drug-likeness (QED) is 0.647. The normalized spacial score (nSPS) is 9.95. The van der Waals surface area contributed by atoms with Crippen LogP contribution in [0.5, 0.6) is 0 Å².